The van der Waals surface area contributed by atoms with Gasteiger partial charge in [0.05, 0.1) is 21.1 Å². The Morgan fingerprint density at radius 3 is 1.54 bits per heavy atom. The summed E-state index contributed by atoms with van der Waals surface area (Å²) >= 11 is 0. The van der Waals surface area contributed by atoms with Crippen molar-refractivity contribution >= 4 is 14.0 Å². The zero-order valence-electron chi connectivity index (χ0n) is 19.7. The Balaban J connectivity index is 2.77. The number of methoxy groups -OCH3 is 1. The highest BCUT2D eigenvalue weighted by Crippen LogP contribution is 2.45. The summed E-state index contributed by atoms with van der Waals surface area (Å²) in [5, 5.41) is 0. The Morgan fingerprint density at radius 2 is 1.21 bits per heavy atom. The zero-order valence-corrected chi connectivity index (χ0v) is 20.7. The quantitative estimate of drug-likeness (QED) is 0.129. The third-order valence-electron chi connectivity index (χ3n) is 7.30. The van der Waals surface area contributed by atoms with Crippen molar-refractivity contribution in [2.24, 2.45) is 11.8 Å². The molecule has 2 nitrogen and oxygen atoms in total. The van der Waals surface area contributed by atoms with Gasteiger partial charge in [-0.05, 0) is 18.8 Å². The van der Waals surface area contributed by atoms with Gasteiger partial charge in [-0.1, -0.05) is 122 Å². The first-order chi connectivity index (χ1) is 13.6. The molecule has 1 rings (SSSR count). The van der Waals surface area contributed by atoms with Gasteiger partial charge >= 0.3 is 5.97 Å². The van der Waals surface area contributed by atoms with Gasteiger partial charge in [-0.15, -0.1) is 0 Å². The van der Waals surface area contributed by atoms with Crippen molar-refractivity contribution in [3.8, 4) is 0 Å². The predicted molar refractivity (Wildman–Crippen MR) is 126 cm³/mol. The Morgan fingerprint density at radius 1 is 0.750 bits per heavy atom. The molecule has 0 aliphatic heterocycles. The van der Waals surface area contributed by atoms with E-state index < -0.39 is 8.07 Å². The average molecular weight is 411 g/mol. The van der Waals surface area contributed by atoms with E-state index in [1.165, 1.54) is 108 Å². The van der Waals surface area contributed by atoms with Gasteiger partial charge in [0, 0.05) is 0 Å². The summed E-state index contributed by atoms with van der Waals surface area (Å²) in [5.41, 5.74) is 0. The lowest BCUT2D eigenvalue weighted by Gasteiger charge is -2.42. The van der Waals surface area contributed by atoms with Crippen LogP contribution in [-0.4, -0.2) is 21.2 Å². The topological polar surface area (TPSA) is 26.3 Å². The zero-order chi connectivity index (χ0) is 20.7. The van der Waals surface area contributed by atoms with Crippen molar-refractivity contribution < 1.29 is 9.53 Å². The number of ether oxygens (including phenoxy) is 1. The predicted octanol–water partition coefficient (Wildman–Crippen LogP) is 8.38. The number of hydrogen-bond acceptors (Lipinski definition) is 2. The molecule has 166 valence electrons. The lowest BCUT2D eigenvalue weighted by Crippen LogP contribution is -2.43. The molecule has 1 saturated carbocycles. The summed E-state index contributed by atoms with van der Waals surface area (Å²) in [7, 11) is 0.286. The second-order valence-electron chi connectivity index (χ2n) is 9.60. The van der Waals surface area contributed by atoms with E-state index >= 15 is 0 Å². The molecule has 0 aromatic carbocycles. The summed E-state index contributed by atoms with van der Waals surface area (Å²) < 4.78 is 5.11. The van der Waals surface area contributed by atoms with Crippen molar-refractivity contribution in [2.45, 2.75) is 135 Å². The lowest BCUT2D eigenvalue weighted by molar-refractivity contribution is -0.151. The monoisotopic (exact) mass is 410 g/mol. The van der Waals surface area contributed by atoms with Gasteiger partial charge in [-0.25, -0.2) is 0 Å². The number of hydrogen-bond donors (Lipinski definition) is 0. The highest BCUT2D eigenvalue weighted by atomic mass is 28.3. The SMILES string of the molecule is CCCCCC[Si](CCCCCC)(CCCCCC)C[C@H]1CC[C@H]1C(=O)OC. The molecule has 0 radical (unpaired) electrons. The molecule has 28 heavy (non-hydrogen) atoms. The highest BCUT2D eigenvalue weighted by molar-refractivity contribution is 6.80. The molecule has 0 unspecified atom stereocenters. The van der Waals surface area contributed by atoms with Crippen LogP contribution < -0.4 is 0 Å². The second-order valence-corrected chi connectivity index (χ2v) is 14.5. The standard InChI is InChI=1S/C25H50O2Si/c1-5-8-11-14-19-28(20-15-12-9-6-2,21-16-13-10-7-3)22-23-17-18-24(23)25(26)27-4/h23-24H,5-22H2,1-4H3/t23-,24-/m1/s1. The summed E-state index contributed by atoms with van der Waals surface area (Å²) in [6.07, 6.45) is 19.1. The molecule has 1 fully saturated rings. The van der Waals surface area contributed by atoms with E-state index in [1.54, 1.807) is 7.11 Å². The molecule has 1 aliphatic rings. The van der Waals surface area contributed by atoms with Crippen LogP contribution in [0.1, 0.15) is 111 Å². The van der Waals surface area contributed by atoms with Crippen LogP contribution in [0.2, 0.25) is 24.2 Å². The maximum absolute atomic E-state index is 12.2. The number of carbonyl (C=O) groups excluding carboxylic acids is 1. The van der Waals surface area contributed by atoms with E-state index in [1.807, 2.05) is 0 Å². The Labute approximate surface area is 177 Å². The molecule has 0 aromatic rings. The van der Waals surface area contributed by atoms with Crippen LogP contribution in [-0.2, 0) is 9.53 Å². The summed E-state index contributed by atoms with van der Waals surface area (Å²) in [4.78, 5) is 12.2. The van der Waals surface area contributed by atoms with Crippen LogP contribution in [0.4, 0.5) is 0 Å². The van der Waals surface area contributed by atoms with Crippen LogP contribution >= 0.6 is 0 Å². The van der Waals surface area contributed by atoms with Crippen LogP contribution in [0.25, 0.3) is 0 Å². The first kappa shape index (κ1) is 25.7. The third kappa shape index (κ3) is 9.46. The Hall–Kier alpha value is -0.313. The van der Waals surface area contributed by atoms with Crippen LogP contribution in [0.5, 0.6) is 0 Å². The van der Waals surface area contributed by atoms with Crippen molar-refractivity contribution in [3.05, 3.63) is 0 Å². The molecule has 0 spiro atoms. The fourth-order valence-corrected chi connectivity index (χ4v) is 11.3. The normalized spacial score (nSPS) is 19.4. The molecular weight excluding hydrogens is 360 g/mol. The lowest BCUT2D eigenvalue weighted by atomic mass is 9.75. The van der Waals surface area contributed by atoms with Gasteiger partial charge in [0.25, 0.3) is 0 Å². The fourth-order valence-electron chi connectivity index (χ4n) is 5.29. The molecule has 0 heterocycles. The van der Waals surface area contributed by atoms with Gasteiger partial charge in [0.15, 0.2) is 0 Å². The van der Waals surface area contributed by atoms with E-state index in [-0.39, 0.29) is 11.9 Å². The fraction of sp³-hybridized carbons (Fsp3) is 0.960. The van der Waals surface area contributed by atoms with Crippen LogP contribution in [0.3, 0.4) is 0 Å². The van der Waals surface area contributed by atoms with Crippen molar-refractivity contribution in [2.75, 3.05) is 7.11 Å². The minimum absolute atomic E-state index is 0.0714. The van der Waals surface area contributed by atoms with Crippen molar-refractivity contribution in [3.63, 3.8) is 0 Å². The molecule has 1 aliphatic carbocycles. The van der Waals surface area contributed by atoms with Crippen LogP contribution in [0, 0.1) is 11.8 Å². The van der Waals surface area contributed by atoms with E-state index in [4.69, 9.17) is 4.74 Å². The van der Waals surface area contributed by atoms with Gasteiger partial charge in [-0.2, -0.15) is 0 Å². The molecule has 0 saturated heterocycles. The first-order valence-corrected chi connectivity index (χ1v) is 15.5. The van der Waals surface area contributed by atoms with E-state index in [0.717, 1.165) is 6.42 Å². The number of unbranched alkanes of at least 4 members (excludes halogenated alkanes) is 9. The largest absolute Gasteiger partial charge is 0.469 e. The molecule has 3 heteroatoms. The summed E-state index contributed by atoms with van der Waals surface area (Å²) in [6.45, 7) is 6.94. The van der Waals surface area contributed by atoms with E-state index in [0.29, 0.717) is 5.92 Å². The number of carbonyl (C=O) groups is 1. The van der Waals surface area contributed by atoms with Crippen molar-refractivity contribution in [1.29, 1.82) is 0 Å². The first-order valence-electron chi connectivity index (χ1n) is 12.7. The second kappa shape index (κ2) is 15.5. The van der Waals surface area contributed by atoms with Crippen molar-refractivity contribution in [1.82, 2.24) is 0 Å². The van der Waals surface area contributed by atoms with Gasteiger partial charge in [0.1, 0.15) is 0 Å². The van der Waals surface area contributed by atoms with Gasteiger partial charge < -0.3 is 4.74 Å². The number of esters is 1. The minimum Gasteiger partial charge on any atom is -0.469 e. The maximum atomic E-state index is 12.2. The Kier molecular flexibility index (Phi) is 14.3. The third-order valence-corrected chi connectivity index (χ3v) is 12.9. The highest BCUT2D eigenvalue weighted by Gasteiger charge is 2.43. The molecule has 0 amide bonds. The van der Waals surface area contributed by atoms with Crippen LogP contribution in [0.15, 0.2) is 0 Å². The maximum Gasteiger partial charge on any atom is 0.308 e. The summed E-state index contributed by atoms with van der Waals surface area (Å²) in [6, 6.07) is 5.98. The average Bonchev–Trinajstić information content (AvgIpc) is 2.69. The smallest absolute Gasteiger partial charge is 0.308 e. The van der Waals surface area contributed by atoms with Gasteiger partial charge in [0.2, 0.25) is 0 Å². The minimum atomic E-state index is -1.29. The number of rotatable bonds is 18. The molecular formula is C25H50O2Si. The summed E-state index contributed by atoms with van der Waals surface area (Å²) in [5.74, 6) is 0.934. The van der Waals surface area contributed by atoms with E-state index in [9.17, 15) is 4.79 Å². The van der Waals surface area contributed by atoms with E-state index in [2.05, 4.69) is 20.8 Å². The Bertz CT molecular complexity index is 365. The van der Waals surface area contributed by atoms with Gasteiger partial charge in [-0.3, -0.25) is 4.79 Å². The molecule has 2 atom stereocenters. The molecule has 0 aromatic heterocycles. The molecule has 0 bridgehead atoms. The molecule has 0 N–H and O–H groups in total.